The van der Waals surface area contributed by atoms with Crippen LogP contribution in [0.2, 0.25) is 0 Å². The Balaban J connectivity index is 2.45. The zero-order chi connectivity index (χ0) is 12.0. The number of hydrogen-bond acceptors (Lipinski definition) is 2. The Morgan fingerprint density at radius 1 is 1.44 bits per heavy atom. The normalized spacial score (nSPS) is 15.0. The van der Waals surface area contributed by atoms with Crippen molar-refractivity contribution in [3.05, 3.63) is 20.8 Å². The maximum Gasteiger partial charge on any atom is 0.0801 e. The van der Waals surface area contributed by atoms with Crippen LogP contribution in [-0.2, 0) is 0 Å². The zero-order valence-corrected chi connectivity index (χ0v) is 12.5. The van der Waals surface area contributed by atoms with Gasteiger partial charge in [-0.1, -0.05) is 39.5 Å². The lowest BCUT2D eigenvalue weighted by molar-refractivity contribution is 0.139. The van der Waals surface area contributed by atoms with E-state index in [1.54, 1.807) is 11.3 Å². The first kappa shape index (κ1) is 14.2. The van der Waals surface area contributed by atoms with E-state index >= 15 is 0 Å². The molecular weight excluding hydrogens is 284 g/mol. The number of hydrogen-bond donors (Lipinski definition) is 1. The Kier molecular flexibility index (Phi) is 6.62. The van der Waals surface area contributed by atoms with Crippen LogP contribution in [-0.4, -0.2) is 5.11 Å². The summed E-state index contributed by atoms with van der Waals surface area (Å²) in [4.78, 5) is 0. The van der Waals surface area contributed by atoms with Gasteiger partial charge in [-0.05, 0) is 45.3 Å². The fourth-order valence-electron chi connectivity index (χ4n) is 1.93. The molecular formula is C13H21BrOS. The van der Waals surface area contributed by atoms with Crippen molar-refractivity contribution in [1.82, 2.24) is 0 Å². The third kappa shape index (κ3) is 4.56. The van der Waals surface area contributed by atoms with Gasteiger partial charge in [0.25, 0.3) is 0 Å². The fourth-order valence-corrected chi connectivity index (χ4v) is 3.15. The SMILES string of the molecule is CCCCC(CC)CC(O)c1csc(Br)c1. The molecule has 2 unspecified atom stereocenters. The summed E-state index contributed by atoms with van der Waals surface area (Å²) >= 11 is 5.08. The topological polar surface area (TPSA) is 20.2 Å². The van der Waals surface area contributed by atoms with Crippen molar-refractivity contribution in [3.63, 3.8) is 0 Å². The standard InChI is InChI=1S/C13H21BrOS/c1-3-5-6-10(4-2)7-12(15)11-8-13(14)16-9-11/h8-10,12,15H,3-7H2,1-2H3. The Bertz CT molecular complexity index is 298. The molecule has 1 rings (SSSR count). The Hall–Kier alpha value is 0.140. The Morgan fingerprint density at radius 3 is 2.69 bits per heavy atom. The molecule has 0 bridgehead atoms. The molecule has 0 saturated carbocycles. The quantitative estimate of drug-likeness (QED) is 0.738. The molecule has 0 radical (unpaired) electrons. The van der Waals surface area contributed by atoms with Gasteiger partial charge in [-0.2, -0.15) is 0 Å². The van der Waals surface area contributed by atoms with E-state index in [9.17, 15) is 5.11 Å². The first-order chi connectivity index (χ1) is 7.67. The van der Waals surface area contributed by atoms with Crippen LogP contribution in [0.3, 0.4) is 0 Å². The number of halogens is 1. The van der Waals surface area contributed by atoms with Gasteiger partial charge in [-0.3, -0.25) is 0 Å². The van der Waals surface area contributed by atoms with Crippen LogP contribution in [0, 0.1) is 5.92 Å². The summed E-state index contributed by atoms with van der Waals surface area (Å²) in [5.74, 6) is 0.661. The minimum absolute atomic E-state index is 0.288. The van der Waals surface area contributed by atoms with Gasteiger partial charge in [0.15, 0.2) is 0 Å². The van der Waals surface area contributed by atoms with Crippen molar-refractivity contribution >= 4 is 27.3 Å². The highest BCUT2D eigenvalue weighted by atomic mass is 79.9. The summed E-state index contributed by atoms with van der Waals surface area (Å²) in [5.41, 5.74) is 1.06. The molecule has 0 aliphatic rings. The molecule has 1 heterocycles. The third-order valence-electron chi connectivity index (χ3n) is 3.07. The van der Waals surface area contributed by atoms with E-state index in [0.29, 0.717) is 5.92 Å². The monoisotopic (exact) mass is 304 g/mol. The average molecular weight is 305 g/mol. The molecule has 3 heteroatoms. The lowest BCUT2D eigenvalue weighted by Crippen LogP contribution is -2.06. The van der Waals surface area contributed by atoms with Crippen molar-refractivity contribution in [1.29, 1.82) is 0 Å². The highest BCUT2D eigenvalue weighted by Crippen LogP contribution is 2.31. The van der Waals surface area contributed by atoms with Gasteiger partial charge in [0.2, 0.25) is 0 Å². The molecule has 0 aromatic carbocycles. The van der Waals surface area contributed by atoms with Crippen molar-refractivity contribution in [2.75, 3.05) is 0 Å². The third-order valence-corrected chi connectivity index (χ3v) is 4.60. The van der Waals surface area contributed by atoms with Crippen LogP contribution in [0.5, 0.6) is 0 Å². The van der Waals surface area contributed by atoms with Crippen LogP contribution in [0.25, 0.3) is 0 Å². The molecule has 16 heavy (non-hydrogen) atoms. The van der Waals surface area contributed by atoms with Crippen LogP contribution in [0.4, 0.5) is 0 Å². The highest BCUT2D eigenvalue weighted by molar-refractivity contribution is 9.11. The van der Waals surface area contributed by atoms with Gasteiger partial charge in [0.05, 0.1) is 9.89 Å². The largest absolute Gasteiger partial charge is 0.388 e. The maximum atomic E-state index is 10.1. The van der Waals surface area contributed by atoms with E-state index < -0.39 is 0 Å². The van der Waals surface area contributed by atoms with Crippen LogP contribution < -0.4 is 0 Å². The summed E-state index contributed by atoms with van der Waals surface area (Å²) < 4.78 is 1.10. The highest BCUT2D eigenvalue weighted by Gasteiger charge is 2.15. The smallest absolute Gasteiger partial charge is 0.0801 e. The number of unbranched alkanes of at least 4 members (excludes halogenated alkanes) is 1. The second kappa shape index (κ2) is 7.46. The average Bonchev–Trinajstić information content (AvgIpc) is 2.70. The first-order valence-electron chi connectivity index (χ1n) is 6.09. The predicted molar refractivity (Wildman–Crippen MR) is 74.9 cm³/mol. The van der Waals surface area contributed by atoms with Crippen LogP contribution >= 0.6 is 27.3 Å². The zero-order valence-electron chi connectivity index (χ0n) is 10.1. The van der Waals surface area contributed by atoms with Crippen molar-refractivity contribution in [2.45, 2.75) is 52.1 Å². The second-order valence-electron chi connectivity index (χ2n) is 4.35. The van der Waals surface area contributed by atoms with E-state index in [-0.39, 0.29) is 6.10 Å². The minimum atomic E-state index is -0.288. The molecule has 0 aliphatic heterocycles. The van der Waals surface area contributed by atoms with E-state index in [0.717, 1.165) is 15.8 Å². The van der Waals surface area contributed by atoms with Crippen LogP contribution in [0.1, 0.15) is 57.6 Å². The number of rotatable bonds is 7. The summed E-state index contributed by atoms with van der Waals surface area (Å²) in [6.45, 7) is 4.44. The molecule has 0 saturated heterocycles. The van der Waals surface area contributed by atoms with Gasteiger partial charge >= 0.3 is 0 Å². The first-order valence-corrected chi connectivity index (χ1v) is 7.76. The number of thiophene rings is 1. The number of aliphatic hydroxyl groups is 1. The summed E-state index contributed by atoms with van der Waals surface area (Å²) in [6, 6.07) is 2.03. The summed E-state index contributed by atoms with van der Waals surface area (Å²) in [6.07, 6.45) is 5.55. The molecule has 2 atom stereocenters. The van der Waals surface area contributed by atoms with Crippen molar-refractivity contribution in [3.8, 4) is 0 Å². The fraction of sp³-hybridized carbons (Fsp3) is 0.692. The minimum Gasteiger partial charge on any atom is -0.388 e. The van der Waals surface area contributed by atoms with E-state index in [4.69, 9.17) is 0 Å². The van der Waals surface area contributed by atoms with Gasteiger partial charge in [-0.25, -0.2) is 0 Å². The van der Waals surface area contributed by atoms with Crippen molar-refractivity contribution < 1.29 is 5.11 Å². The second-order valence-corrected chi connectivity index (χ2v) is 6.64. The predicted octanol–water partition coefficient (Wildman–Crippen LogP) is 5.15. The van der Waals surface area contributed by atoms with Gasteiger partial charge in [-0.15, -0.1) is 11.3 Å². The summed E-state index contributed by atoms with van der Waals surface area (Å²) in [5, 5.41) is 12.2. The molecule has 92 valence electrons. The van der Waals surface area contributed by atoms with Crippen molar-refractivity contribution in [2.24, 2.45) is 5.92 Å². The lowest BCUT2D eigenvalue weighted by Gasteiger charge is -2.18. The summed E-state index contributed by atoms with van der Waals surface area (Å²) in [7, 11) is 0. The van der Waals surface area contributed by atoms with Gasteiger partial charge < -0.3 is 5.11 Å². The molecule has 1 aromatic heterocycles. The van der Waals surface area contributed by atoms with E-state index in [1.807, 2.05) is 11.4 Å². The maximum absolute atomic E-state index is 10.1. The molecule has 0 amide bonds. The molecule has 1 N–H and O–H groups in total. The Labute approximate surface area is 111 Å². The van der Waals surface area contributed by atoms with E-state index in [2.05, 4.69) is 29.8 Å². The van der Waals surface area contributed by atoms with Gasteiger partial charge in [0.1, 0.15) is 0 Å². The molecule has 0 spiro atoms. The van der Waals surface area contributed by atoms with E-state index in [1.165, 1.54) is 25.7 Å². The Morgan fingerprint density at radius 2 is 2.19 bits per heavy atom. The van der Waals surface area contributed by atoms with Crippen LogP contribution in [0.15, 0.2) is 15.2 Å². The molecule has 1 aromatic rings. The number of aliphatic hydroxyl groups excluding tert-OH is 1. The molecule has 0 aliphatic carbocycles. The molecule has 1 nitrogen and oxygen atoms in total. The lowest BCUT2D eigenvalue weighted by atomic mass is 9.91. The van der Waals surface area contributed by atoms with Gasteiger partial charge in [0, 0.05) is 0 Å². The molecule has 0 fully saturated rings.